The lowest BCUT2D eigenvalue weighted by molar-refractivity contribution is -0.148. The monoisotopic (exact) mass is 508 g/mol. The number of rotatable bonds is 12. The Balaban J connectivity index is 2.18. The van der Waals surface area contributed by atoms with E-state index in [1.165, 1.54) is 19.4 Å². The number of ether oxygens (including phenoxy) is 4. The van der Waals surface area contributed by atoms with Crippen LogP contribution in [0, 0.1) is 0 Å². The Morgan fingerprint density at radius 2 is 1.19 bits per heavy atom. The maximum atomic E-state index is 11.6. The Morgan fingerprint density at radius 1 is 0.730 bits per heavy atom. The molecular formula is C31H40O6. The van der Waals surface area contributed by atoms with E-state index in [-0.39, 0.29) is 42.8 Å². The molecule has 0 bridgehead atoms. The highest BCUT2D eigenvalue weighted by Gasteiger charge is 2.23. The van der Waals surface area contributed by atoms with Crippen LogP contribution in [0.4, 0.5) is 0 Å². The fraction of sp³-hybridized carbons (Fsp3) is 0.484. The molecule has 0 aliphatic heterocycles. The summed E-state index contributed by atoms with van der Waals surface area (Å²) in [5, 5.41) is 3.67. The van der Waals surface area contributed by atoms with Crippen molar-refractivity contribution in [3.05, 3.63) is 48.0 Å². The highest BCUT2D eigenvalue weighted by Crippen LogP contribution is 2.44. The summed E-state index contributed by atoms with van der Waals surface area (Å²) >= 11 is 0. The minimum atomic E-state index is -0.341. The molecule has 2 unspecified atom stereocenters. The van der Waals surface area contributed by atoms with Crippen molar-refractivity contribution in [1.82, 2.24) is 0 Å². The molecule has 3 aromatic carbocycles. The Labute approximate surface area is 220 Å². The number of carbonyl (C=O) groups excluding carboxylic acids is 2. The van der Waals surface area contributed by atoms with Crippen molar-refractivity contribution in [3.8, 4) is 11.5 Å². The minimum absolute atomic E-state index is 0.0234. The molecule has 0 aliphatic rings. The van der Waals surface area contributed by atoms with Crippen molar-refractivity contribution >= 4 is 33.5 Å². The van der Waals surface area contributed by atoms with Crippen molar-refractivity contribution in [2.24, 2.45) is 0 Å². The van der Waals surface area contributed by atoms with E-state index in [2.05, 4.69) is 39.0 Å². The fourth-order valence-corrected chi connectivity index (χ4v) is 4.33. The number of carbonyl (C=O) groups is 2. The van der Waals surface area contributed by atoms with Crippen LogP contribution in [0.5, 0.6) is 11.5 Å². The number of fused-ring (bicyclic) bond motifs is 2. The summed E-state index contributed by atoms with van der Waals surface area (Å²) in [6.07, 6.45) is 1.61. The predicted octanol–water partition coefficient (Wildman–Crippen LogP) is 7.12. The summed E-state index contributed by atoms with van der Waals surface area (Å²) in [6.45, 7) is 13.9. The fourth-order valence-electron chi connectivity index (χ4n) is 4.33. The third-order valence-electron chi connectivity index (χ3n) is 6.99. The van der Waals surface area contributed by atoms with Gasteiger partial charge in [0.15, 0.2) is 0 Å². The third kappa shape index (κ3) is 6.73. The van der Waals surface area contributed by atoms with Gasteiger partial charge in [-0.25, -0.2) is 0 Å². The van der Waals surface area contributed by atoms with Gasteiger partial charge in [0.05, 0.1) is 0 Å². The molecule has 200 valence electrons. The zero-order chi connectivity index (χ0) is 27.2. The van der Waals surface area contributed by atoms with Crippen LogP contribution in [0.3, 0.4) is 0 Å². The van der Waals surface area contributed by atoms with Crippen molar-refractivity contribution < 1.29 is 28.5 Å². The molecule has 0 amide bonds. The molecule has 0 spiro atoms. The molecule has 0 aliphatic carbocycles. The average Bonchev–Trinajstić information content (AvgIpc) is 2.88. The summed E-state index contributed by atoms with van der Waals surface area (Å²) in [6, 6.07) is 14.4. The molecule has 0 heterocycles. The van der Waals surface area contributed by atoms with Crippen LogP contribution >= 0.6 is 0 Å². The van der Waals surface area contributed by atoms with E-state index >= 15 is 0 Å². The number of hydrogen-bond donors (Lipinski definition) is 0. The van der Waals surface area contributed by atoms with Gasteiger partial charge in [-0.2, -0.15) is 0 Å². The number of esters is 2. The number of hydrogen-bond acceptors (Lipinski definition) is 6. The van der Waals surface area contributed by atoms with Crippen LogP contribution in [0.2, 0.25) is 0 Å². The molecule has 0 radical (unpaired) electrons. The zero-order valence-electron chi connectivity index (χ0n) is 23.2. The SMILES string of the molecule is CCC(COc1c2ccccc2c(OCC(CC)OC(C)=O)c2cc(C(C)(C)CC)ccc12)OC(C)=O. The lowest BCUT2D eigenvalue weighted by Crippen LogP contribution is -2.24. The van der Waals surface area contributed by atoms with E-state index in [0.717, 1.165) is 39.5 Å². The third-order valence-corrected chi connectivity index (χ3v) is 6.99. The van der Waals surface area contributed by atoms with E-state index in [9.17, 15) is 9.59 Å². The van der Waals surface area contributed by atoms with Crippen LogP contribution in [-0.2, 0) is 24.5 Å². The smallest absolute Gasteiger partial charge is 0.303 e. The second kappa shape index (κ2) is 12.3. The first-order valence-corrected chi connectivity index (χ1v) is 13.2. The predicted molar refractivity (Wildman–Crippen MR) is 147 cm³/mol. The molecule has 6 heteroatoms. The Morgan fingerprint density at radius 3 is 1.62 bits per heavy atom. The molecule has 0 aromatic heterocycles. The van der Waals surface area contributed by atoms with Gasteiger partial charge in [0.25, 0.3) is 0 Å². The van der Waals surface area contributed by atoms with Gasteiger partial charge < -0.3 is 18.9 Å². The highest BCUT2D eigenvalue weighted by atomic mass is 16.6. The van der Waals surface area contributed by atoms with Crippen LogP contribution in [0.25, 0.3) is 21.5 Å². The molecule has 0 saturated heterocycles. The Kier molecular flexibility index (Phi) is 9.41. The van der Waals surface area contributed by atoms with E-state index in [0.29, 0.717) is 12.8 Å². The van der Waals surface area contributed by atoms with Crippen LogP contribution < -0.4 is 9.47 Å². The first kappa shape index (κ1) is 28.3. The van der Waals surface area contributed by atoms with Crippen molar-refractivity contribution in [2.75, 3.05) is 13.2 Å². The first-order chi connectivity index (χ1) is 17.6. The molecule has 2 atom stereocenters. The zero-order valence-corrected chi connectivity index (χ0v) is 23.2. The molecule has 0 fully saturated rings. The maximum absolute atomic E-state index is 11.6. The Bertz CT molecular complexity index is 1250. The Hall–Kier alpha value is -3.28. The van der Waals surface area contributed by atoms with Gasteiger partial charge in [-0.15, -0.1) is 0 Å². The summed E-state index contributed by atoms with van der Waals surface area (Å²) in [4.78, 5) is 23.1. The minimum Gasteiger partial charge on any atom is -0.488 e. The van der Waals surface area contributed by atoms with E-state index < -0.39 is 0 Å². The van der Waals surface area contributed by atoms with Gasteiger partial charge in [-0.05, 0) is 36.3 Å². The maximum Gasteiger partial charge on any atom is 0.303 e. The second-order valence-corrected chi connectivity index (χ2v) is 10.1. The van der Waals surface area contributed by atoms with Crippen LogP contribution in [0.1, 0.15) is 73.3 Å². The van der Waals surface area contributed by atoms with Gasteiger partial charge in [0.1, 0.15) is 36.9 Å². The average molecular weight is 509 g/mol. The van der Waals surface area contributed by atoms with Crippen LogP contribution in [0.15, 0.2) is 42.5 Å². The topological polar surface area (TPSA) is 71.1 Å². The highest BCUT2D eigenvalue weighted by molar-refractivity contribution is 6.11. The van der Waals surface area contributed by atoms with Crippen molar-refractivity contribution in [1.29, 1.82) is 0 Å². The summed E-state index contributed by atoms with van der Waals surface area (Å²) in [5.41, 5.74) is 1.18. The molecule has 3 rings (SSSR count). The first-order valence-electron chi connectivity index (χ1n) is 13.2. The molecule has 37 heavy (non-hydrogen) atoms. The lowest BCUT2D eigenvalue weighted by atomic mass is 9.81. The standard InChI is InChI=1S/C31H40O6/c1-8-23(36-20(4)32)18-34-29-25-13-11-12-14-26(25)30(35-19-24(9-2)37-21(5)33)28-17-22(15-16-27(28)29)31(6,7)10-3/h11-17,23-24H,8-10,18-19H2,1-7H3. The summed E-state index contributed by atoms with van der Waals surface area (Å²) in [5.74, 6) is 0.832. The van der Waals surface area contributed by atoms with E-state index in [1.54, 1.807) is 0 Å². The summed E-state index contributed by atoms with van der Waals surface area (Å²) < 4.78 is 23.7. The number of benzene rings is 3. The van der Waals surface area contributed by atoms with Gasteiger partial charge in [0, 0.05) is 35.4 Å². The second-order valence-electron chi connectivity index (χ2n) is 10.1. The van der Waals surface area contributed by atoms with Gasteiger partial charge in [-0.3, -0.25) is 9.59 Å². The van der Waals surface area contributed by atoms with Crippen molar-refractivity contribution in [3.63, 3.8) is 0 Å². The molecule has 0 saturated carbocycles. The van der Waals surface area contributed by atoms with Gasteiger partial charge in [-0.1, -0.05) is 71.0 Å². The lowest BCUT2D eigenvalue weighted by Gasteiger charge is -2.26. The normalized spacial score (nSPS) is 13.3. The quantitative estimate of drug-likeness (QED) is 0.192. The van der Waals surface area contributed by atoms with Crippen LogP contribution in [-0.4, -0.2) is 37.4 Å². The van der Waals surface area contributed by atoms with E-state index in [4.69, 9.17) is 18.9 Å². The van der Waals surface area contributed by atoms with Crippen molar-refractivity contribution in [2.45, 2.75) is 85.4 Å². The largest absolute Gasteiger partial charge is 0.488 e. The summed E-state index contributed by atoms with van der Waals surface area (Å²) in [7, 11) is 0. The van der Waals surface area contributed by atoms with Gasteiger partial charge in [0.2, 0.25) is 0 Å². The molecular weight excluding hydrogens is 468 g/mol. The van der Waals surface area contributed by atoms with E-state index in [1.807, 2.05) is 38.1 Å². The molecule has 3 aromatic rings. The van der Waals surface area contributed by atoms with Gasteiger partial charge >= 0.3 is 11.9 Å². The molecule has 0 N–H and O–H groups in total. The molecule has 6 nitrogen and oxygen atoms in total.